The number of aromatic nitrogens is 1. The number of hydrogen-bond acceptors (Lipinski definition) is 5. The Morgan fingerprint density at radius 2 is 1.74 bits per heavy atom. The van der Waals surface area contributed by atoms with Gasteiger partial charge in [0.1, 0.15) is 12.3 Å². The van der Waals surface area contributed by atoms with Gasteiger partial charge >= 0.3 is 0 Å². The number of nitrogens with two attached hydrogens (primary N) is 1. The van der Waals surface area contributed by atoms with E-state index in [1.165, 1.54) is 0 Å². The monoisotopic (exact) mass is 552 g/mol. The van der Waals surface area contributed by atoms with Gasteiger partial charge in [0.2, 0.25) is 5.91 Å². The summed E-state index contributed by atoms with van der Waals surface area (Å²) in [4.78, 5) is 33.9. The largest absolute Gasteiger partial charge is 0.369 e. The molecule has 2 N–H and O–H groups in total. The summed E-state index contributed by atoms with van der Waals surface area (Å²) in [6.07, 6.45) is 5.14. The van der Waals surface area contributed by atoms with Crippen LogP contribution in [0.3, 0.4) is 0 Å². The Bertz CT molecular complexity index is 1300. The molecule has 2 aliphatic rings. The molecule has 0 saturated carbocycles. The van der Waals surface area contributed by atoms with E-state index < -0.39 is 11.0 Å². The Morgan fingerprint density at radius 1 is 0.974 bits per heavy atom. The van der Waals surface area contributed by atoms with Crippen LogP contribution in [0.25, 0.3) is 0 Å². The van der Waals surface area contributed by atoms with Crippen LogP contribution in [0.15, 0.2) is 73.1 Å². The Balaban J connectivity index is 1.33. The summed E-state index contributed by atoms with van der Waals surface area (Å²) in [6, 6.07) is 18.8. The van der Waals surface area contributed by atoms with E-state index in [9.17, 15) is 9.59 Å². The summed E-state index contributed by atoms with van der Waals surface area (Å²) >= 11 is 12.6. The highest BCUT2D eigenvalue weighted by Gasteiger charge is 2.45. The molecule has 38 heavy (non-hydrogen) atoms. The zero-order chi connectivity index (χ0) is 26.8. The number of nitrogens with zero attached hydrogens (tertiary/aromatic N) is 3. The van der Waals surface area contributed by atoms with Gasteiger partial charge in [0.25, 0.3) is 5.91 Å². The Labute approximate surface area is 232 Å². The molecule has 1 aromatic heterocycles. The first-order valence-corrected chi connectivity index (χ1v) is 13.5. The molecule has 3 heterocycles. The Hall–Kier alpha value is -2.97. The van der Waals surface area contributed by atoms with Gasteiger partial charge in [-0.3, -0.25) is 14.6 Å². The quantitative estimate of drug-likeness (QED) is 0.461. The fraction of sp³-hybridized carbons (Fsp3) is 0.345. The fourth-order valence-electron chi connectivity index (χ4n) is 5.58. The van der Waals surface area contributed by atoms with Crippen LogP contribution in [-0.2, 0) is 20.5 Å². The molecule has 0 bridgehead atoms. The van der Waals surface area contributed by atoms with Crippen LogP contribution in [0.2, 0.25) is 10.0 Å². The van der Waals surface area contributed by atoms with Crippen LogP contribution in [0.4, 0.5) is 0 Å². The first-order chi connectivity index (χ1) is 18.3. The molecule has 198 valence electrons. The first-order valence-electron chi connectivity index (χ1n) is 12.7. The van der Waals surface area contributed by atoms with E-state index >= 15 is 0 Å². The van der Waals surface area contributed by atoms with Crippen molar-refractivity contribution in [3.63, 3.8) is 0 Å². The maximum atomic E-state index is 13.2. The van der Waals surface area contributed by atoms with Crippen molar-refractivity contribution in [1.82, 2.24) is 14.8 Å². The number of amides is 2. The lowest BCUT2D eigenvalue weighted by molar-refractivity contribution is -0.125. The number of carbonyl (C=O) groups excluding carboxylic acids is 2. The van der Waals surface area contributed by atoms with Crippen molar-refractivity contribution in [3.05, 3.63) is 99.8 Å². The summed E-state index contributed by atoms with van der Waals surface area (Å²) < 4.78 is 6.40. The number of rotatable bonds is 7. The van der Waals surface area contributed by atoms with Crippen LogP contribution >= 0.6 is 23.2 Å². The zero-order valence-corrected chi connectivity index (χ0v) is 22.5. The number of benzene rings is 2. The molecule has 1 atom stereocenters. The molecule has 0 spiro atoms. The van der Waals surface area contributed by atoms with Gasteiger partial charge in [-0.05, 0) is 67.7 Å². The zero-order valence-electron chi connectivity index (χ0n) is 21.0. The highest BCUT2D eigenvalue weighted by Crippen LogP contribution is 2.40. The molecule has 3 aromatic rings. The molecule has 2 aliphatic heterocycles. The molecule has 5 rings (SSSR count). The third-order valence-electron chi connectivity index (χ3n) is 7.92. The van der Waals surface area contributed by atoms with Crippen molar-refractivity contribution in [1.29, 1.82) is 0 Å². The summed E-state index contributed by atoms with van der Waals surface area (Å²) in [6.45, 7) is 2.72. The van der Waals surface area contributed by atoms with Gasteiger partial charge in [0, 0.05) is 18.9 Å². The molecule has 0 radical (unpaired) electrons. The molecule has 0 aliphatic carbocycles. The van der Waals surface area contributed by atoms with Crippen LogP contribution in [0.5, 0.6) is 0 Å². The summed E-state index contributed by atoms with van der Waals surface area (Å²) in [5.41, 5.74) is 6.89. The molecular weight excluding hydrogens is 523 g/mol. The number of carbonyl (C=O) groups is 2. The average Bonchev–Trinajstić information content (AvgIpc) is 3.40. The second-order valence-electron chi connectivity index (χ2n) is 10.0. The normalized spacial score (nSPS) is 21.4. The second kappa shape index (κ2) is 11.0. The highest BCUT2D eigenvalue weighted by atomic mass is 35.5. The number of halogens is 2. The predicted octanol–water partition coefficient (Wildman–Crippen LogP) is 4.62. The predicted molar refractivity (Wildman–Crippen MR) is 147 cm³/mol. The molecule has 2 aromatic carbocycles. The number of hydrogen-bond donors (Lipinski definition) is 1. The Kier molecular flexibility index (Phi) is 7.73. The number of likely N-dealkylation sites (tertiary alicyclic amines) is 1. The van der Waals surface area contributed by atoms with E-state index in [0.717, 1.165) is 30.8 Å². The molecule has 2 amide bonds. The smallest absolute Gasteiger partial charge is 0.257 e. The lowest BCUT2D eigenvalue weighted by atomic mass is 9.72. The first kappa shape index (κ1) is 26.6. The van der Waals surface area contributed by atoms with E-state index in [0.29, 0.717) is 41.4 Å². The minimum absolute atomic E-state index is 0.132. The van der Waals surface area contributed by atoms with E-state index in [2.05, 4.69) is 9.88 Å². The van der Waals surface area contributed by atoms with Gasteiger partial charge in [-0.25, -0.2) is 0 Å². The molecular formula is C29H30Cl2N4O3. The maximum Gasteiger partial charge on any atom is 0.257 e. The van der Waals surface area contributed by atoms with Gasteiger partial charge in [-0.15, -0.1) is 0 Å². The van der Waals surface area contributed by atoms with Crippen molar-refractivity contribution in [2.45, 2.75) is 30.3 Å². The van der Waals surface area contributed by atoms with Gasteiger partial charge < -0.3 is 20.3 Å². The lowest BCUT2D eigenvalue weighted by Crippen LogP contribution is -2.50. The topological polar surface area (TPSA) is 88.8 Å². The van der Waals surface area contributed by atoms with Gasteiger partial charge in [-0.1, -0.05) is 59.6 Å². The van der Waals surface area contributed by atoms with Crippen molar-refractivity contribution >= 4 is 35.0 Å². The molecule has 2 saturated heterocycles. The minimum atomic E-state index is -0.746. The van der Waals surface area contributed by atoms with Crippen molar-refractivity contribution in [2.75, 3.05) is 32.9 Å². The molecule has 0 unspecified atom stereocenters. The fourth-order valence-corrected chi connectivity index (χ4v) is 5.88. The van der Waals surface area contributed by atoms with E-state index in [1.54, 1.807) is 35.5 Å². The summed E-state index contributed by atoms with van der Waals surface area (Å²) in [5.74, 6) is -0.411. The number of pyridine rings is 1. The van der Waals surface area contributed by atoms with Crippen LogP contribution in [0, 0.1) is 0 Å². The molecule has 7 nitrogen and oxygen atoms in total. The van der Waals surface area contributed by atoms with Crippen molar-refractivity contribution in [3.8, 4) is 0 Å². The van der Waals surface area contributed by atoms with E-state index in [1.807, 2.05) is 42.5 Å². The van der Waals surface area contributed by atoms with Gasteiger partial charge in [0.05, 0.1) is 27.6 Å². The Morgan fingerprint density at radius 3 is 2.39 bits per heavy atom. The number of primary amides is 1. The van der Waals surface area contributed by atoms with Gasteiger partial charge in [-0.2, -0.15) is 0 Å². The lowest BCUT2D eigenvalue weighted by Gasteiger charge is -2.41. The third-order valence-corrected chi connectivity index (χ3v) is 8.66. The maximum absolute atomic E-state index is 13.2. The molecule has 2 fully saturated rings. The summed E-state index contributed by atoms with van der Waals surface area (Å²) in [7, 11) is 0. The van der Waals surface area contributed by atoms with Crippen LogP contribution < -0.4 is 5.73 Å². The minimum Gasteiger partial charge on any atom is -0.369 e. The number of piperidine rings is 1. The van der Waals surface area contributed by atoms with E-state index in [4.69, 9.17) is 33.7 Å². The second-order valence-corrected chi connectivity index (χ2v) is 10.9. The highest BCUT2D eigenvalue weighted by molar-refractivity contribution is 6.42. The van der Waals surface area contributed by atoms with Crippen LogP contribution in [-0.4, -0.2) is 59.5 Å². The number of ether oxygens (including phenoxy) is 1. The SMILES string of the molecule is NC(=O)C1(c2ccccc2)CCN(CC[C@@]2(c3ccc(Cl)c(Cl)c3)CN(C(=O)c3cccnc3)CO2)CC1. The van der Waals surface area contributed by atoms with Gasteiger partial charge in [0.15, 0.2) is 0 Å². The van der Waals surface area contributed by atoms with E-state index in [-0.39, 0.29) is 18.5 Å². The van der Waals surface area contributed by atoms with Crippen LogP contribution in [0.1, 0.15) is 40.7 Å². The van der Waals surface area contributed by atoms with Crippen molar-refractivity contribution < 1.29 is 14.3 Å². The molecule has 9 heteroatoms. The summed E-state index contributed by atoms with van der Waals surface area (Å²) in [5, 5.41) is 0.905. The van der Waals surface area contributed by atoms with Crippen molar-refractivity contribution in [2.24, 2.45) is 5.73 Å². The third kappa shape index (κ3) is 5.16. The standard InChI is InChI=1S/C29H30Cl2N4O3/c30-24-9-8-23(17-25(24)31)29(19-35(20-38-29)26(36)21-5-4-13-33-18-21)12-16-34-14-10-28(11-15-34,27(32)37)22-6-2-1-3-7-22/h1-9,13,17-18H,10-12,14-16,19-20H2,(H2,32,37)/t29-/m0/s1. The average molecular weight is 553 g/mol.